The lowest BCUT2D eigenvalue weighted by Crippen LogP contribution is -2.28. The molecule has 0 saturated heterocycles. The van der Waals surface area contributed by atoms with E-state index in [9.17, 15) is 13.2 Å². The smallest absolute Gasteiger partial charge is 0.266 e. The van der Waals surface area contributed by atoms with Gasteiger partial charge in [-0.1, -0.05) is 0 Å². The Morgan fingerprint density at radius 2 is 1.81 bits per heavy atom. The topological polar surface area (TPSA) is 104 Å². The minimum Gasteiger partial charge on any atom is -0.508 e. The van der Waals surface area contributed by atoms with Crippen LogP contribution in [0.15, 0.2) is 24.3 Å². The van der Waals surface area contributed by atoms with E-state index in [-0.39, 0.29) is 12.3 Å². The van der Waals surface area contributed by atoms with Crippen LogP contribution in [0, 0.1) is 0 Å². The molecule has 0 saturated carbocycles. The van der Waals surface area contributed by atoms with Crippen molar-refractivity contribution in [1.82, 2.24) is 5.32 Å². The normalized spacial score (nSPS) is 11.1. The van der Waals surface area contributed by atoms with Crippen LogP contribution in [0.4, 0.5) is 0 Å². The molecule has 3 N–H and O–H groups in total. The van der Waals surface area contributed by atoms with Gasteiger partial charge in [0.1, 0.15) is 5.75 Å². The van der Waals surface area contributed by atoms with E-state index in [4.69, 9.17) is 9.66 Å². The van der Waals surface area contributed by atoms with Crippen molar-refractivity contribution < 1.29 is 22.9 Å². The van der Waals surface area contributed by atoms with Crippen LogP contribution in [-0.4, -0.2) is 36.3 Å². The highest BCUT2D eigenvalue weighted by Crippen LogP contribution is 2.09. The molecule has 0 atom stereocenters. The molecule has 0 aliphatic carbocycles. The van der Waals surface area contributed by atoms with Crippen LogP contribution in [0.5, 0.6) is 5.75 Å². The molecule has 0 radical (unpaired) electrons. The van der Waals surface area contributed by atoms with E-state index < -0.39 is 21.8 Å². The Bertz CT molecular complexity index is 465. The average Bonchev–Trinajstić information content (AvgIpc) is 2.16. The largest absolute Gasteiger partial charge is 0.508 e. The van der Waals surface area contributed by atoms with Gasteiger partial charge in [-0.15, -0.1) is 0 Å². The Morgan fingerprint density at radius 1 is 1.25 bits per heavy atom. The minimum atomic E-state index is -4.06. The molecule has 1 aromatic rings. The molecule has 1 aromatic carbocycles. The molecular formula is C9H11NO5S. The van der Waals surface area contributed by atoms with Crippen molar-refractivity contribution in [2.75, 3.05) is 12.3 Å². The Hall–Kier alpha value is -1.60. The Labute approximate surface area is 92.7 Å². The third kappa shape index (κ3) is 4.28. The Balaban J connectivity index is 2.50. The molecule has 1 rings (SSSR count). The van der Waals surface area contributed by atoms with Gasteiger partial charge in [-0.25, -0.2) is 0 Å². The molecule has 0 aliphatic heterocycles. The quantitative estimate of drug-likeness (QED) is 0.648. The molecule has 0 heterocycles. The number of rotatable bonds is 4. The first-order valence-corrected chi connectivity index (χ1v) is 6.02. The van der Waals surface area contributed by atoms with E-state index >= 15 is 0 Å². The maximum Gasteiger partial charge on any atom is 0.266 e. The molecule has 0 aromatic heterocycles. The van der Waals surface area contributed by atoms with Crippen molar-refractivity contribution in [3.8, 4) is 5.75 Å². The average molecular weight is 245 g/mol. The standard InChI is InChI=1S/C9H11NO5S/c11-8-3-1-7(2-4-8)9(12)10-5-6-16(13,14)15/h1-4,11H,5-6H2,(H,10,12)(H,13,14,15). The second kappa shape index (κ2) is 4.95. The number of aromatic hydroxyl groups is 1. The van der Waals surface area contributed by atoms with Crippen LogP contribution < -0.4 is 5.32 Å². The van der Waals surface area contributed by atoms with Crippen LogP contribution in [-0.2, 0) is 10.1 Å². The van der Waals surface area contributed by atoms with Crippen molar-refractivity contribution in [1.29, 1.82) is 0 Å². The number of hydrogen-bond acceptors (Lipinski definition) is 4. The van der Waals surface area contributed by atoms with Crippen LogP contribution >= 0.6 is 0 Å². The molecule has 1 amide bonds. The number of hydrogen-bond donors (Lipinski definition) is 3. The Kier molecular flexibility index (Phi) is 3.86. The van der Waals surface area contributed by atoms with Gasteiger partial charge in [-0.05, 0) is 24.3 Å². The van der Waals surface area contributed by atoms with Gasteiger partial charge in [0.25, 0.3) is 16.0 Å². The van der Waals surface area contributed by atoms with Gasteiger partial charge in [-0.3, -0.25) is 9.35 Å². The summed E-state index contributed by atoms with van der Waals surface area (Å²) in [6.07, 6.45) is 0. The van der Waals surface area contributed by atoms with E-state index in [0.29, 0.717) is 5.56 Å². The summed E-state index contributed by atoms with van der Waals surface area (Å²) in [5.41, 5.74) is 0.299. The SMILES string of the molecule is O=C(NCCS(=O)(=O)O)c1ccc(O)cc1. The van der Waals surface area contributed by atoms with Gasteiger partial charge in [0.05, 0.1) is 5.75 Å². The summed E-state index contributed by atoms with van der Waals surface area (Å²) < 4.78 is 29.2. The van der Waals surface area contributed by atoms with Gasteiger partial charge >= 0.3 is 0 Å². The maximum absolute atomic E-state index is 11.4. The zero-order chi connectivity index (χ0) is 12.2. The van der Waals surface area contributed by atoms with E-state index in [2.05, 4.69) is 5.32 Å². The summed E-state index contributed by atoms with van der Waals surface area (Å²) in [4.78, 5) is 11.4. The third-order valence-corrected chi connectivity index (χ3v) is 2.50. The molecule has 0 fully saturated rings. The molecule has 0 spiro atoms. The maximum atomic E-state index is 11.4. The highest BCUT2D eigenvalue weighted by atomic mass is 32.2. The molecule has 7 heteroatoms. The third-order valence-electron chi connectivity index (χ3n) is 1.78. The van der Waals surface area contributed by atoms with Gasteiger partial charge in [0.2, 0.25) is 0 Å². The fourth-order valence-corrected chi connectivity index (χ4v) is 1.37. The van der Waals surface area contributed by atoms with E-state index in [1.807, 2.05) is 0 Å². The van der Waals surface area contributed by atoms with Crippen molar-refractivity contribution in [3.05, 3.63) is 29.8 Å². The Morgan fingerprint density at radius 3 is 2.31 bits per heavy atom. The first-order chi connectivity index (χ1) is 7.38. The number of nitrogens with one attached hydrogen (secondary N) is 1. The van der Waals surface area contributed by atoms with Crippen molar-refractivity contribution >= 4 is 16.0 Å². The lowest BCUT2D eigenvalue weighted by molar-refractivity contribution is 0.0956. The van der Waals surface area contributed by atoms with Crippen LogP contribution in [0.3, 0.4) is 0 Å². The highest BCUT2D eigenvalue weighted by Gasteiger charge is 2.07. The van der Waals surface area contributed by atoms with E-state index in [0.717, 1.165) is 0 Å². The first kappa shape index (κ1) is 12.5. The predicted molar refractivity (Wildman–Crippen MR) is 56.9 cm³/mol. The van der Waals surface area contributed by atoms with Crippen molar-refractivity contribution in [2.45, 2.75) is 0 Å². The van der Waals surface area contributed by atoms with Gasteiger partial charge in [0.15, 0.2) is 0 Å². The lowest BCUT2D eigenvalue weighted by Gasteiger charge is -2.03. The van der Waals surface area contributed by atoms with Gasteiger partial charge in [0, 0.05) is 12.1 Å². The number of carbonyl (C=O) groups excluding carboxylic acids is 1. The highest BCUT2D eigenvalue weighted by molar-refractivity contribution is 7.85. The summed E-state index contributed by atoms with van der Waals surface area (Å²) in [5, 5.41) is 11.3. The minimum absolute atomic E-state index is 0.0366. The molecule has 0 bridgehead atoms. The molecule has 6 nitrogen and oxygen atoms in total. The molecule has 0 aliphatic rings. The molecule has 16 heavy (non-hydrogen) atoms. The van der Waals surface area contributed by atoms with Gasteiger partial charge in [-0.2, -0.15) is 8.42 Å². The van der Waals surface area contributed by atoms with Crippen molar-refractivity contribution in [2.24, 2.45) is 0 Å². The number of amides is 1. The second-order valence-corrected chi connectivity index (χ2v) is 4.66. The summed E-state index contributed by atoms with van der Waals surface area (Å²) in [6, 6.07) is 5.49. The number of benzene rings is 1. The summed E-state index contributed by atoms with van der Waals surface area (Å²) in [5.74, 6) is -0.963. The van der Waals surface area contributed by atoms with Crippen molar-refractivity contribution in [3.63, 3.8) is 0 Å². The fraction of sp³-hybridized carbons (Fsp3) is 0.222. The molecule has 0 unspecified atom stereocenters. The second-order valence-electron chi connectivity index (χ2n) is 3.09. The number of phenolic OH excluding ortho intramolecular Hbond substituents is 1. The lowest BCUT2D eigenvalue weighted by atomic mass is 10.2. The van der Waals surface area contributed by atoms with Crippen LogP contribution in [0.1, 0.15) is 10.4 Å². The number of carbonyl (C=O) groups is 1. The van der Waals surface area contributed by atoms with Crippen LogP contribution in [0.25, 0.3) is 0 Å². The summed E-state index contributed by atoms with van der Waals surface area (Å²) in [7, 11) is -4.06. The predicted octanol–water partition coefficient (Wildman–Crippen LogP) is 0.00980. The molecular weight excluding hydrogens is 234 g/mol. The zero-order valence-electron chi connectivity index (χ0n) is 8.25. The van der Waals surface area contributed by atoms with Gasteiger partial charge < -0.3 is 10.4 Å². The van der Waals surface area contributed by atoms with Crippen LogP contribution in [0.2, 0.25) is 0 Å². The first-order valence-electron chi connectivity index (χ1n) is 4.41. The number of phenols is 1. The summed E-state index contributed by atoms with van der Waals surface area (Å²) >= 11 is 0. The zero-order valence-corrected chi connectivity index (χ0v) is 9.07. The van der Waals surface area contributed by atoms with E-state index in [1.54, 1.807) is 0 Å². The molecule has 88 valence electrons. The summed E-state index contributed by atoms with van der Waals surface area (Å²) in [6.45, 7) is -0.168. The monoisotopic (exact) mass is 245 g/mol. The fourth-order valence-electron chi connectivity index (χ4n) is 1.01. The van der Waals surface area contributed by atoms with E-state index in [1.165, 1.54) is 24.3 Å².